The van der Waals surface area contributed by atoms with Crippen molar-refractivity contribution >= 4 is 5.97 Å². The first-order valence-corrected chi connectivity index (χ1v) is 5.95. The largest absolute Gasteiger partial charge is 0.459 e. The third-order valence-electron chi connectivity index (χ3n) is 2.41. The Hall–Kier alpha value is -0.610. The second-order valence-electron chi connectivity index (χ2n) is 5.34. The van der Waals surface area contributed by atoms with Gasteiger partial charge in [0.25, 0.3) is 0 Å². The van der Waals surface area contributed by atoms with Gasteiger partial charge < -0.3 is 9.47 Å². The van der Waals surface area contributed by atoms with Gasteiger partial charge in [0, 0.05) is 12.6 Å². The fourth-order valence-electron chi connectivity index (χ4n) is 1.68. The van der Waals surface area contributed by atoms with Crippen LogP contribution < -0.4 is 5.32 Å². The molecule has 0 aromatic rings. The number of rotatable bonds is 3. The zero-order valence-electron chi connectivity index (χ0n) is 10.7. The summed E-state index contributed by atoms with van der Waals surface area (Å²) in [7, 11) is 0. The smallest absolute Gasteiger partial charge is 0.323 e. The first-order chi connectivity index (χ1) is 7.38. The number of carbonyl (C=O) groups is 1. The van der Waals surface area contributed by atoms with Crippen LogP contribution in [0.1, 0.15) is 40.5 Å². The van der Waals surface area contributed by atoms with E-state index in [1.807, 2.05) is 27.7 Å². The maximum Gasteiger partial charge on any atom is 0.323 e. The molecule has 94 valence electrons. The molecule has 4 nitrogen and oxygen atoms in total. The van der Waals surface area contributed by atoms with Crippen LogP contribution in [0.25, 0.3) is 0 Å². The topological polar surface area (TPSA) is 47.6 Å². The quantitative estimate of drug-likeness (QED) is 0.745. The standard InChI is InChI=1S/C12H23NO3/c1-9(11(14)16-12(2,3)4)13-10-6-5-7-15-8-10/h9-10,13H,5-8H2,1-4H3/t9-,10?/m0/s1. The Labute approximate surface area is 97.7 Å². The van der Waals surface area contributed by atoms with Gasteiger partial charge in [0.2, 0.25) is 0 Å². The van der Waals surface area contributed by atoms with Crippen LogP contribution in [0.2, 0.25) is 0 Å². The average Bonchev–Trinajstić information content (AvgIpc) is 2.16. The van der Waals surface area contributed by atoms with E-state index in [0.29, 0.717) is 6.61 Å². The fraction of sp³-hybridized carbons (Fsp3) is 0.917. The molecule has 1 heterocycles. The number of ether oxygens (including phenoxy) is 2. The van der Waals surface area contributed by atoms with Crippen molar-refractivity contribution in [3.63, 3.8) is 0 Å². The van der Waals surface area contributed by atoms with Crippen molar-refractivity contribution in [2.24, 2.45) is 0 Å². The van der Waals surface area contributed by atoms with E-state index in [4.69, 9.17) is 9.47 Å². The van der Waals surface area contributed by atoms with Crippen molar-refractivity contribution in [2.75, 3.05) is 13.2 Å². The summed E-state index contributed by atoms with van der Waals surface area (Å²) in [6.45, 7) is 8.98. The molecular weight excluding hydrogens is 206 g/mol. The van der Waals surface area contributed by atoms with E-state index in [2.05, 4.69) is 5.32 Å². The molecule has 0 saturated carbocycles. The summed E-state index contributed by atoms with van der Waals surface area (Å²) in [4.78, 5) is 11.7. The minimum absolute atomic E-state index is 0.196. The van der Waals surface area contributed by atoms with E-state index < -0.39 is 5.60 Å². The van der Waals surface area contributed by atoms with E-state index in [1.165, 1.54) is 0 Å². The van der Waals surface area contributed by atoms with Crippen molar-refractivity contribution in [2.45, 2.75) is 58.2 Å². The second kappa shape index (κ2) is 5.64. The third kappa shape index (κ3) is 4.94. The average molecular weight is 229 g/mol. The van der Waals surface area contributed by atoms with Crippen LogP contribution in [0.15, 0.2) is 0 Å². The highest BCUT2D eigenvalue weighted by molar-refractivity contribution is 5.75. The summed E-state index contributed by atoms with van der Waals surface area (Å²) in [5.41, 5.74) is -0.421. The lowest BCUT2D eigenvalue weighted by molar-refractivity contribution is -0.157. The van der Waals surface area contributed by atoms with Gasteiger partial charge in [0.15, 0.2) is 0 Å². The summed E-state index contributed by atoms with van der Waals surface area (Å²) in [5.74, 6) is -0.196. The lowest BCUT2D eigenvalue weighted by atomic mass is 10.1. The molecule has 1 rings (SSSR count). The summed E-state index contributed by atoms with van der Waals surface area (Å²) in [6, 6.07) is 0.00203. The summed E-state index contributed by atoms with van der Waals surface area (Å²) in [5, 5.41) is 3.24. The minimum Gasteiger partial charge on any atom is -0.459 e. The van der Waals surface area contributed by atoms with Crippen LogP contribution in [-0.4, -0.2) is 36.9 Å². The molecule has 1 aliphatic rings. The van der Waals surface area contributed by atoms with E-state index in [1.54, 1.807) is 0 Å². The third-order valence-corrected chi connectivity index (χ3v) is 2.41. The SMILES string of the molecule is C[C@H](NC1CCCOC1)C(=O)OC(C)(C)C. The first kappa shape index (κ1) is 13.5. The molecule has 1 fully saturated rings. The van der Waals surface area contributed by atoms with Crippen LogP contribution in [-0.2, 0) is 14.3 Å². The van der Waals surface area contributed by atoms with Crippen LogP contribution in [0.4, 0.5) is 0 Å². The number of carbonyl (C=O) groups excluding carboxylic acids is 1. The first-order valence-electron chi connectivity index (χ1n) is 5.95. The summed E-state index contributed by atoms with van der Waals surface area (Å²) >= 11 is 0. The Bertz CT molecular complexity index is 229. The van der Waals surface area contributed by atoms with Gasteiger partial charge in [0.1, 0.15) is 11.6 Å². The van der Waals surface area contributed by atoms with Crippen LogP contribution in [0.5, 0.6) is 0 Å². The molecule has 1 aliphatic heterocycles. The fourth-order valence-corrected chi connectivity index (χ4v) is 1.68. The van der Waals surface area contributed by atoms with Crippen molar-refractivity contribution < 1.29 is 14.3 Å². The van der Waals surface area contributed by atoms with Gasteiger partial charge in [-0.1, -0.05) is 0 Å². The highest BCUT2D eigenvalue weighted by Gasteiger charge is 2.24. The molecule has 0 bridgehead atoms. The lowest BCUT2D eigenvalue weighted by Gasteiger charge is -2.28. The molecule has 0 aliphatic carbocycles. The van der Waals surface area contributed by atoms with Crippen molar-refractivity contribution in [3.05, 3.63) is 0 Å². The van der Waals surface area contributed by atoms with Gasteiger partial charge in [0.05, 0.1) is 6.61 Å². The highest BCUT2D eigenvalue weighted by Crippen LogP contribution is 2.10. The van der Waals surface area contributed by atoms with Gasteiger partial charge >= 0.3 is 5.97 Å². The predicted octanol–water partition coefficient (Wildman–Crippen LogP) is 1.49. The molecule has 0 amide bonds. The normalized spacial score (nSPS) is 23.9. The van der Waals surface area contributed by atoms with Gasteiger partial charge in [-0.15, -0.1) is 0 Å². The Morgan fingerprint density at radius 3 is 2.69 bits per heavy atom. The van der Waals surface area contributed by atoms with Crippen molar-refractivity contribution in [1.29, 1.82) is 0 Å². The lowest BCUT2D eigenvalue weighted by Crippen LogP contribution is -2.47. The molecule has 1 saturated heterocycles. The van der Waals surface area contributed by atoms with Gasteiger partial charge in [-0.05, 0) is 40.5 Å². The van der Waals surface area contributed by atoms with E-state index in [9.17, 15) is 4.79 Å². The number of nitrogens with one attached hydrogen (secondary N) is 1. The van der Waals surface area contributed by atoms with Crippen LogP contribution >= 0.6 is 0 Å². The molecule has 0 aromatic heterocycles. The molecular formula is C12H23NO3. The van der Waals surface area contributed by atoms with E-state index in [0.717, 1.165) is 19.4 Å². The van der Waals surface area contributed by atoms with Crippen molar-refractivity contribution in [1.82, 2.24) is 5.32 Å². The van der Waals surface area contributed by atoms with Gasteiger partial charge in [-0.25, -0.2) is 0 Å². The van der Waals surface area contributed by atoms with Gasteiger partial charge in [-0.2, -0.15) is 0 Å². The summed E-state index contributed by atoms with van der Waals surface area (Å²) in [6.07, 6.45) is 2.12. The molecule has 0 aromatic carbocycles. The van der Waals surface area contributed by atoms with Crippen molar-refractivity contribution in [3.8, 4) is 0 Å². The second-order valence-corrected chi connectivity index (χ2v) is 5.34. The highest BCUT2D eigenvalue weighted by atomic mass is 16.6. The number of hydrogen-bond donors (Lipinski definition) is 1. The number of esters is 1. The number of hydrogen-bond acceptors (Lipinski definition) is 4. The molecule has 1 N–H and O–H groups in total. The molecule has 1 unspecified atom stereocenters. The van der Waals surface area contributed by atoms with Crippen LogP contribution in [0.3, 0.4) is 0 Å². The van der Waals surface area contributed by atoms with E-state index in [-0.39, 0.29) is 18.1 Å². The molecule has 4 heteroatoms. The maximum atomic E-state index is 11.7. The predicted molar refractivity (Wildman–Crippen MR) is 62.3 cm³/mol. The Morgan fingerprint density at radius 2 is 2.19 bits per heavy atom. The Morgan fingerprint density at radius 1 is 1.50 bits per heavy atom. The molecule has 0 radical (unpaired) electrons. The molecule has 0 spiro atoms. The Kier molecular flexibility index (Phi) is 4.74. The molecule has 2 atom stereocenters. The van der Waals surface area contributed by atoms with Crippen LogP contribution in [0, 0.1) is 0 Å². The summed E-state index contributed by atoms with van der Waals surface area (Å²) < 4.78 is 10.6. The minimum atomic E-state index is -0.421. The van der Waals surface area contributed by atoms with Gasteiger partial charge in [-0.3, -0.25) is 10.1 Å². The molecule has 16 heavy (non-hydrogen) atoms. The van der Waals surface area contributed by atoms with E-state index >= 15 is 0 Å². The Balaban J connectivity index is 2.33. The monoisotopic (exact) mass is 229 g/mol. The zero-order valence-corrected chi connectivity index (χ0v) is 10.7. The maximum absolute atomic E-state index is 11.7. The zero-order chi connectivity index (χ0) is 12.2.